The average molecular weight is 194 g/mol. The molecule has 0 radical (unpaired) electrons. The van der Waals surface area contributed by atoms with E-state index >= 15 is 0 Å². The first-order valence-electron chi connectivity index (χ1n) is 3.98. The first kappa shape index (κ1) is 8.25. The number of aryl methyl sites for hydroxylation is 1. The molecular formula is C8H10N4S. The van der Waals surface area contributed by atoms with Crippen LogP contribution in [0.15, 0.2) is 24.9 Å². The van der Waals surface area contributed by atoms with Crippen molar-refractivity contribution in [1.29, 1.82) is 0 Å². The highest BCUT2D eigenvalue weighted by Gasteiger charge is 1.97. The van der Waals surface area contributed by atoms with E-state index in [9.17, 15) is 0 Å². The molecule has 2 aromatic rings. The van der Waals surface area contributed by atoms with E-state index in [1.807, 2.05) is 34.6 Å². The summed E-state index contributed by atoms with van der Waals surface area (Å²) in [6.07, 6.45) is 7.37. The maximum atomic E-state index is 5.08. The van der Waals surface area contributed by atoms with Gasteiger partial charge in [-0.2, -0.15) is 0 Å². The van der Waals surface area contributed by atoms with Crippen LogP contribution in [-0.2, 0) is 6.67 Å². The lowest BCUT2D eigenvalue weighted by Gasteiger charge is -2.04. The quantitative estimate of drug-likeness (QED) is 0.737. The van der Waals surface area contributed by atoms with Gasteiger partial charge in [0.1, 0.15) is 6.67 Å². The molecule has 0 bridgehead atoms. The fraction of sp³-hybridized carbons (Fsp3) is 0.250. The Bertz CT molecular complexity index is 450. The molecular weight excluding hydrogens is 184 g/mol. The van der Waals surface area contributed by atoms with Gasteiger partial charge in [0.05, 0.1) is 6.33 Å². The van der Waals surface area contributed by atoms with Crippen LogP contribution in [0.5, 0.6) is 0 Å². The zero-order valence-electron chi connectivity index (χ0n) is 7.27. The van der Waals surface area contributed by atoms with Crippen LogP contribution in [-0.4, -0.2) is 19.1 Å². The summed E-state index contributed by atoms with van der Waals surface area (Å²) in [6, 6.07) is 0. The molecule has 0 unspecified atom stereocenters. The minimum Gasteiger partial charge on any atom is -0.337 e. The monoisotopic (exact) mass is 194 g/mol. The predicted molar refractivity (Wildman–Crippen MR) is 52.0 cm³/mol. The van der Waals surface area contributed by atoms with Crippen molar-refractivity contribution in [2.75, 3.05) is 0 Å². The number of rotatable bonds is 2. The second-order valence-corrected chi connectivity index (χ2v) is 3.27. The number of H-pyrrole nitrogens is 1. The molecule has 0 aliphatic heterocycles. The van der Waals surface area contributed by atoms with E-state index in [4.69, 9.17) is 12.2 Å². The highest BCUT2D eigenvalue weighted by atomic mass is 32.1. The Balaban J connectivity index is 2.29. The Morgan fingerprint density at radius 2 is 2.38 bits per heavy atom. The largest absolute Gasteiger partial charge is 0.337 e. The zero-order valence-corrected chi connectivity index (χ0v) is 8.08. The van der Waals surface area contributed by atoms with Gasteiger partial charge in [0.15, 0.2) is 4.77 Å². The second-order valence-electron chi connectivity index (χ2n) is 2.88. The van der Waals surface area contributed by atoms with E-state index in [1.165, 1.54) is 0 Å². The summed E-state index contributed by atoms with van der Waals surface area (Å²) < 4.78 is 4.71. The van der Waals surface area contributed by atoms with Crippen molar-refractivity contribution in [2.24, 2.45) is 0 Å². The molecule has 2 heterocycles. The Hall–Kier alpha value is -1.36. The van der Waals surface area contributed by atoms with Crippen molar-refractivity contribution < 1.29 is 0 Å². The molecule has 68 valence electrons. The number of aromatic amines is 1. The zero-order chi connectivity index (χ0) is 9.26. The van der Waals surface area contributed by atoms with Gasteiger partial charge in [-0.05, 0) is 19.1 Å². The third-order valence-corrected chi connectivity index (χ3v) is 2.30. The lowest BCUT2D eigenvalue weighted by atomic mass is 10.5. The second kappa shape index (κ2) is 3.18. The van der Waals surface area contributed by atoms with Crippen LogP contribution >= 0.6 is 12.2 Å². The highest BCUT2D eigenvalue weighted by molar-refractivity contribution is 7.71. The summed E-state index contributed by atoms with van der Waals surface area (Å²) >= 11 is 5.08. The lowest BCUT2D eigenvalue weighted by Crippen LogP contribution is -2.07. The van der Waals surface area contributed by atoms with E-state index in [0.717, 1.165) is 10.5 Å². The summed E-state index contributed by atoms with van der Waals surface area (Å²) in [5, 5.41) is 0. The highest BCUT2D eigenvalue weighted by Crippen LogP contribution is 1.98. The summed E-state index contributed by atoms with van der Waals surface area (Å²) in [5.74, 6) is 0. The molecule has 0 spiro atoms. The molecule has 0 fully saturated rings. The van der Waals surface area contributed by atoms with Crippen molar-refractivity contribution in [3.05, 3.63) is 35.4 Å². The molecule has 4 nitrogen and oxygen atoms in total. The van der Waals surface area contributed by atoms with Crippen LogP contribution in [0.25, 0.3) is 0 Å². The Morgan fingerprint density at radius 1 is 1.54 bits per heavy atom. The molecule has 0 aliphatic rings. The molecule has 0 saturated heterocycles. The van der Waals surface area contributed by atoms with Crippen molar-refractivity contribution in [3.63, 3.8) is 0 Å². The van der Waals surface area contributed by atoms with Crippen molar-refractivity contribution in [1.82, 2.24) is 19.1 Å². The Kier molecular flexibility index (Phi) is 2.02. The molecule has 0 atom stereocenters. The van der Waals surface area contributed by atoms with E-state index in [0.29, 0.717) is 6.67 Å². The molecule has 0 aromatic carbocycles. The number of hydrogen-bond acceptors (Lipinski definition) is 2. The van der Waals surface area contributed by atoms with E-state index in [-0.39, 0.29) is 0 Å². The van der Waals surface area contributed by atoms with Gasteiger partial charge in [0.2, 0.25) is 0 Å². The number of nitrogens with one attached hydrogen (secondary N) is 1. The van der Waals surface area contributed by atoms with Gasteiger partial charge >= 0.3 is 0 Å². The first-order valence-corrected chi connectivity index (χ1v) is 4.39. The maximum absolute atomic E-state index is 5.08. The van der Waals surface area contributed by atoms with Crippen molar-refractivity contribution in [3.8, 4) is 0 Å². The Labute approximate surface area is 80.9 Å². The lowest BCUT2D eigenvalue weighted by molar-refractivity contribution is 0.589. The number of nitrogens with zero attached hydrogens (tertiary/aromatic N) is 3. The van der Waals surface area contributed by atoms with Crippen molar-refractivity contribution in [2.45, 2.75) is 13.6 Å². The SMILES string of the molecule is Cc1cncn1Cn1cc[nH]c1=S. The maximum Gasteiger partial charge on any atom is 0.178 e. The van der Waals surface area contributed by atoms with Gasteiger partial charge in [0.25, 0.3) is 0 Å². The van der Waals surface area contributed by atoms with Crippen LogP contribution in [0, 0.1) is 11.7 Å². The minimum absolute atomic E-state index is 0.716. The predicted octanol–water partition coefficient (Wildman–Crippen LogP) is 1.56. The minimum atomic E-state index is 0.716. The smallest absolute Gasteiger partial charge is 0.178 e. The van der Waals surface area contributed by atoms with Gasteiger partial charge in [0, 0.05) is 24.3 Å². The van der Waals surface area contributed by atoms with E-state index in [2.05, 4.69) is 9.97 Å². The van der Waals surface area contributed by atoms with E-state index in [1.54, 1.807) is 6.33 Å². The fourth-order valence-electron chi connectivity index (χ4n) is 1.16. The Morgan fingerprint density at radius 3 is 2.92 bits per heavy atom. The molecule has 5 heteroatoms. The molecule has 2 aromatic heterocycles. The molecule has 0 amide bonds. The number of hydrogen-bond donors (Lipinski definition) is 1. The first-order chi connectivity index (χ1) is 6.27. The van der Waals surface area contributed by atoms with Crippen LogP contribution in [0.2, 0.25) is 0 Å². The summed E-state index contributed by atoms with van der Waals surface area (Å²) in [5.41, 5.74) is 1.13. The van der Waals surface area contributed by atoms with Gasteiger partial charge < -0.3 is 14.1 Å². The summed E-state index contributed by atoms with van der Waals surface area (Å²) in [6.45, 7) is 2.73. The van der Waals surface area contributed by atoms with Gasteiger partial charge in [-0.25, -0.2) is 4.98 Å². The normalized spacial score (nSPS) is 10.5. The third kappa shape index (κ3) is 1.55. The number of aromatic nitrogens is 4. The van der Waals surface area contributed by atoms with Crippen LogP contribution in [0.4, 0.5) is 0 Å². The third-order valence-electron chi connectivity index (χ3n) is 1.95. The van der Waals surface area contributed by atoms with Crippen molar-refractivity contribution >= 4 is 12.2 Å². The van der Waals surface area contributed by atoms with Gasteiger partial charge in [-0.1, -0.05) is 0 Å². The molecule has 2 rings (SSSR count). The number of imidazole rings is 2. The fourth-order valence-corrected chi connectivity index (χ4v) is 1.35. The molecule has 1 N–H and O–H groups in total. The molecule has 0 saturated carbocycles. The van der Waals surface area contributed by atoms with E-state index < -0.39 is 0 Å². The molecule has 0 aliphatic carbocycles. The van der Waals surface area contributed by atoms with Crippen LogP contribution < -0.4 is 0 Å². The van der Waals surface area contributed by atoms with Crippen LogP contribution in [0.1, 0.15) is 5.69 Å². The average Bonchev–Trinajstić information content (AvgIpc) is 2.65. The van der Waals surface area contributed by atoms with Crippen LogP contribution in [0.3, 0.4) is 0 Å². The standard InChI is InChI=1S/C8H10N4S/c1-7-4-9-5-12(7)6-11-3-2-10-8(11)13/h2-5H,6H2,1H3,(H,10,13). The molecule has 13 heavy (non-hydrogen) atoms. The van der Waals surface area contributed by atoms with Gasteiger partial charge in [-0.3, -0.25) is 0 Å². The summed E-state index contributed by atoms with van der Waals surface area (Å²) in [4.78, 5) is 6.98. The van der Waals surface area contributed by atoms with Gasteiger partial charge in [-0.15, -0.1) is 0 Å². The topological polar surface area (TPSA) is 38.5 Å². The summed E-state index contributed by atoms with van der Waals surface area (Å²) in [7, 11) is 0.